The van der Waals surface area contributed by atoms with Crippen molar-refractivity contribution in [3.8, 4) is 12.3 Å². The Kier molecular flexibility index (Phi) is 13.3. The van der Waals surface area contributed by atoms with Crippen LogP contribution >= 0.6 is 11.8 Å². The molecule has 7 nitrogen and oxygen atoms in total. The average Bonchev–Trinajstić information content (AvgIpc) is 2.81. The van der Waals surface area contributed by atoms with Crippen LogP contribution in [0.1, 0.15) is 77.5 Å². The van der Waals surface area contributed by atoms with Crippen LogP contribution in [0, 0.1) is 12.3 Å². The Bertz CT molecular complexity index is 876. The van der Waals surface area contributed by atoms with Crippen LogP contribution in [0.2, 0.25) is 0 Å². The predicted octanol–water partition coefficient (Wildman–Crippen LogP) is 4.51. The Hall–Kier alpha value is -2.66. The molecule has 1 aromatic rings. The Morgan fingerprint density at radius 3 is 2.43 bits per heavy atom. The Morgan fingerprint density at radius 1 is 1.17 bits per heavy atom. The van der Waals surface area contributed by atoms with Gasteiger partial charge in [0, 0.05) is 18.7 Å². The zero-order valence-corrected chi connectivity index (χ0v) is 22.8. The number of thioether (sulfide) groups is 1. The van der Waals surface area contributed by atoms with Gasteiger partial charge in [-0.15, -0.1) is 6.42 Å². The van der Waals surface area contributed by atoms with Gasteiger partial charge in [-0.2, -0.15) is 11.8 Å². The van der Waals surface area contributed by atoms with Gasteiger partial charge in [-0.05, 0) is 64.2 Å². The number of hydrogen-bond acceptors (Lipinski definition) is 5. The van der Waals surface area contributed by atoms with Gasteiger partial charge in [0.1, 0.15) is 17.7 Å². The molecule has 1 aromatic carbocycles. The molecule has 0 spiro atoms. The lowest BCUT2D eigenvalue weighted by Crippen LogP contribution is -2.53. The number of carbonyl (C=O) groups excluding carboxylic acids is 3. The van der Waals surface area contributed by atoms with Crippen molar-refractivity contribution in [2.75, 3.05) is 25.1 Å². The van der Waals surface area contributed by atoms with Gasteiger partial charge >= 0.3 is 6.09 Å². The smallest absolute Gasteiger partial charge is 0.408 e. The largest absolute Gasteiger partial charge is 0.444 e. The van der Waals surface area contributed by atoms with E-state index in [9.17, 15) is 14.4 Å². The average molecular weight is 504 g/mol. The molecule has 0 aliphatic rings. The van der Waals surface area contributed by atoms with Crippen molar-refractivity contribution in [1.82, 2.24) is 15.5 Å². The van der Waals surface area contributed by atoms with E-state index < -0.39 is 23.8 Å². The van der Waals surface area contributed by atoms with Crippen molar-refractivity contribution < 1.29 is 19.1 Å². The molecule has 0 radical (unpaired) electrons. The maximum Gasteiger partial charge on any atom is 0.408 e. The predicted molar refractivity (Wildman–Crippen MR) is 143 cm³/mol. The van der Waals surface area contributed by atoms with E-state index in [1.165, 1.54) is 4.90 Å². The van der Waals surface area contributed by atoms with E-state index in [4.69, 9.17) is 11.2 Å². The van der Waals surface area contributed by atoms with Crippen LogP contribution in [0.25, 0.3) is 0 Å². The van der Waals surface area contributed by atoms with E-state index in [0.29, 0.717) is 29.8 Å². The van der Waals surface area contributed by atoms with E-state index in [2.05, 4.69) is 23.5 Å². The standard InChI is InChI=1S/C27H41N3O4S/c1-8-11-14-18-28-24(31)23(21-16-13-12-15-20(21)9-2)30(10-3)25(32)22(17-19-35-7)29-26(33)34-27(4,5)6/h2,12-13,15-16,22-23H,8,10-11,14,17-19H2,1,3-7H3,(H,28,31)(H,29,33). The molecule has 2 atom stereocenters. The molecule has 0 bridgehead atoms. The summed E-state index contributed by atoms with van der Waals surface area (Å²) in [5.74, 6) is 2.64. The van der Waals surface area contributed by atoms with Crippen molar-refractivity contribution >= 4 is 29.7 Å². The quantitative estimate of drug-likeness (QED) is 0.305. The molecule has 0 aromatic heterocycles. The van der Waals surface area contributed by atoms with Crippen LogP contribution in [0.15, 0.2) is 24.3 Å². The minimum absolute atomic E-state index is 0.260. The molecular formula is C27H41N3O4S. The SMILES string of the molecule is C#Cc1ccccc1C(C(=O)NCCCCC)N(CC)C(=O)C(CCSC)NC(=O)OC(C)(C)C. The molecule has 2 N–H and O–H groups in total. The highest BCUT2D eigenvalue weighted by molar-refractivity contribution is 7.98. The minimum atomic E-state index is -0.918. The summed E-state index contributed by atoms with van der Waals surface area (Å²) in [7, 11) is 0. The summed E-state index contributed by atoms with van der Waals surface area (Å²) in [6.07, 6.45) is 10.3. The van der Waals surface area contributed by atoms with E-state index in [1.54, 1.807) is 56.8 Å². The van der Waals surface area contributed by atoms with Gasteiger partial charge < -0.3 is 20.3 Å². The molecule has 194 valence electrons. The maximum atomic E-state index is 13.8. The molecule has 0 fully saturated rings. The number of terminal acetylenes is 1. The third-order valence-corrected chi connectivity index (χ3v) is 5.92. The van der Waals surface area contributed by atoms with Gasteiger partial charge in [-0.3, -0.25) is 9.59 Å². The highest BCUT2D eigenvalue weighted by Crippen LogP contribution is 2.26. The summed E-state index contributed by atoms with van der Waals surface area (Å²) in [6, 6.07) is 5.38. The second-order valence-corrected chi connectivity index (χ2v) is 10.2. The van der Waals surface area contributed by atoms with Gasteiger partial charge in [0.25, 0.3) is 0 Å². The fourth-order valence-electron chi connectivity index (χ4n) is 3.61. The van der Waals surface area contributed by atoms with Crippen molar-refractivity contribution in [1.29, 1.82) is 0 Å². The Morgan fingerprint density at radius 2 is 1.86 bits per heavy atom. The van der Waals surface area contributed by atoms with Crippen molar-refractivity contribution in [3.63, 3.8) is 0 Å². The summed E-state index contributed by atoms with van der Waals surface area (Å²) in [6.45, 7) is 9.97. The second-order valence-electron chi connectivity index (χ2n) is 9.24. The summed E-state index contributed by atoms with van der Waals surface area (Å²) in [4.78, 5) is 41.2. The van der Waals surface area contributed by atoms with E-state index >= 15 is 0 Å². The zero-order valence-electron chi connectivity index (χ0n) is 22.0. The van der Waals surface area contributed by atoms with Gasteiger partial charge in [-0.1, -0.05) is 43.9 Å². The topological polar surface area (TPSA) is 87.7 Å². The number of unbranched alkanes of at least 4 members (excludes halogenated alkanes) is 2. The van der Waals surface area contributed by atoms with Crippen molar-refractivity contribution in [3.05, 3.63) is 35.4 Å². The highest BCUT2D eigenvalue weighted by atomic mass is 32.2. The Labute approximate surface area is 215 Å². The molecule has 0 saturated carbocycles. The van der Waals surface area contributed by atoms with Gasteiger partial charge in [-0.25, -0.2) is 4.79 Å². The van der Waals surface area contributed by atoms with Crippen molar-refractivity contribution in [2.24, 2.45) is 0 Å². The van der Waals surface area contributed by atoms with Crippen LogP contribution in [0.3, 0.4) is 0 Å². The monoisotopic (exact) mass is 503 g/mol. The molecule has 1 rings (SSSR count). The van der Waals surface area contributed by atoms with Crippen LogP contribution < -0.4 is 10.6 Å². The molecule has 2 unspecified atom stereocenters. The molecule has 0 saturated heterocycles. The number of likely N-dealkylation sites (N-methyl/N-ethyl adjacent to an activating group) is 1. The van der Waals surface area contributed by atoms with Gasteiger partial charge in [0.05, 0.1) is 0 Å². The van der Waals surface area contributed by atoms with Gasteiger partial charge in [0.2, 0.25) is 11.8 Å². The summed E-state index contributed by atoms with van der Waals surface area (Å²) < 4.78 is 5.38. The number of benzene rings is 1. The van der Waals surface area contributed by atoms with E-state index in [1.807, 2.05) is 13.2 Å². The van der Waals surface area contributed by atoms with Crippen molar-refractivity contribution in [2.45, 2.75) is 78.0 Å². The molecule has 0 aliphatic heterocycles. The van der Waals surface area contributed by atoms with Gasteiger partial charge in [0.15, 0.2) is 0 Å². The lowest BCUT2D eigenvalue weighted by Gasteiger charge is -2.34. The first-order valence-corrected chi connectivity index (χ1v) is 13.6. The maximum absolute atomic E-state index is 13.8. The Balaban J connectivity index is 3.34. The second kappa shape index (κ2) is 15.4. The molecular weight excluding hydrogens is 462 g/mol. The third-order valence-electron chi connectivity index (χ3n) is 5.27. The number of amides is 3. The van der Waals surface area contributed by atoms with Crippen LogP contribution in [-0.4, -0.2) is 59.5 Å². The zero-order chi connectivity index (χ0) is 26.4. The fourth-order valence-corrected chi connectivity index (χ4v) is 4.08. The van der Waals surface area contributed by atoms with E-state index in [0.717, 1.165) is 19.3 Å². The van der Waals surface area contributed by atoms with E-state index in [-0.39, 0.29) is 18.4 Å². The number of hydrogen-bond donors (Lipinski definition) is 2. The minimum Gasteiger partial charge on any atom is -0.444 e. The highest BCUT2D eigenvalue weighted by Gasteiger charge is 2.36. The fraction of sp³-hybridized carbons (Fsp3) is 0.593. The molecule has 35 heavy (non-hydrogen) atoms. The molecule has 0 aliphatic carbocycles. The number of ether oxygens (including phenoxy) is 1. The number of nitrogens with one attached hydrogen (secondary N) is 2. The summed E-state index contributed by atoms with van der Waals surface area (Å²) in [5.41, 5.74) is 0.432. The van der Waals surface area contributed by atoms with Crippen LogP contribution in [-0.2, 0) is 14.3 Å². The normalized spacial score (nSPS) is 12.7. The number of alkyl carbamates (subject to hydrolysis) is 1. The van der Waals surface area contributed by atoms with Crippen LogP contribution in [0.4, 0.5) is 4.79 Å². The van der Waals surface area contributed by atoms with Crippen LogP contribution in [0.5, 0.6) is 0 Å². The lowest BCUT2D eigenvalue weighted by molar-refractivity contribution is -0.142. The lowest BCUT2D eigenvalue weighted by atomic mass is 9.97. The first-order valence-electron chi connectivity index (χ1n) is 12.2. The first kappa shape index (κ1) is 30.4. The molecule has 0 heterocycles. The first-order chi connectivity index (χ1) is 16.6. The summed E-state index contributed by atoms with van der Waals surface area (Å²) in [5, 5.41) is 5.69. The molecule has 8 heteroatoms. The third kappa shape index (κ3) is 10.2. The number of nitrogens with zero attached hydrogens (tertiary/aromatic N) is 1. The summed E-state index contributed by atoms with van der Waals surface area (Å²) >= 11 is 1.57. The molecule has 3 amide bonds. The number of rotatable bonds is 13. The number of carbonyl (C=O) groups is 3.